The maximum Gasteiger partial charge on any atom is -0.0165 e. The summed E-state index contributed by atoms with van der Waals surface area (Å²) in [5.41, 5.74) is 0. The summed E-state index contributed by atoms with van der Waals surface area (Å²) in [5.74, 6) is 6.82. The van der Waals surface area contributed by atoms with Crippen molar-refractivity contribution < 1.29 is 0 Å². The van der Waals surface area contributed by atoms with E-state index in [0.717, 1.165) is 29.6 Å². The fraction of sp³-hybridized carbons (Fsp3) is 0.800. The van der Waals surface area contributed by atoms with Crippen LogP contribution in [-0.2, 0) is 0 Å². The standard InChI is InChI=1S/C10H12/c1-2-6-8-4-3-7-5(1)9(6)10(7)8/h1-2,5-10H,3-4H2/t5-,6+,7+,8-,9?,10?. The molecule has 0 radical (unpaired) electrons. The molecule has 3 fully saturated rings. The van der Waals surface area contributed by atoms with E-state index in [9.17, 15) is 0 Å². The van der Waals surface area contributed by atoms with E-state index >= 15 is 0 Å². The highest BCUT2D eigenvalue weighted by Crippen LogP contribution is 2.74. The van der Waals surface area contributed by atoms with Crippen LogP contribution in [0.5, 0.6) is 0 Å². The summed E-state index contributed by atoms with van der Waals surface area (Å²) < 4.78 is 0. The monoisotopic (exact) mass is 132 g/mol. The number of hydrogen-bond acceptors (Lipinski definition) is 0. The summed E-state index contributed by atoms with van der Waals surface area (Å²) in [5, 5.41) is 0. The second kappa shape index (κ2) is 1.11. The van der Waals surface area contributed by atoms with Gasteiger partial charge in [-0.3, -0.25) is 0 Å². The number of allylic oxidation sites excluding steroid dienone is 2. The van der Waals surface area contributed by atoms with Gasteiger partial charge in [0.05, 0.1) is 0 Å². The molecule has 10 heavy (non-hydrogen) atoms. The molecule has 0 amide bonds. The smallest absolute Gasteiger partial charge is 0.0165 e. The van der Waals surface area contributed by atoms with Crippen molar-refractivity contribution in [3.63, 3.8) is 0 Å². The topological polar surface area (TPSA) is 0 Å². The lowest BCUT2D eigenvalue weighted by molar-refractivity contribution is -0.112. The van der Waals surface area contributed by atoms with E-state index < -0.39 is 0 Å². The Labute approximate surface area is 61.3 Å². The van der Waals surface area contributed by atoms with Crippen LogP contribution >= 0.6 is 0 Å². The molecule has 0 aromatic heterocycles. The van der Waals surface area contributed by atoms with Crippen molar-refractivity contribution in [1.82, 2.24) is 0 Å². The first kappa shape index (κ1) is 4.58. The quantitative estimate of drug-likeness (QED) is 0.443. The first-order chi connectivity index (χ1) is 4.97. The number of fused-ring (bicyclic) bond motifs is 2. The zero-order valence-corrected chi connectivity index (χ0v) is 6.03. The van der Waals surface area contributed by atoms with Gasteiger partial charge in [0.15, 0.2) is 0 Å². The van der Waals surface area contributed by atoms with Crippen molar-refractivity contribution in [1.29, 1.82) is 0 Å². The molecule has 2 unspecified atom stereocenters. The molecule has 0 heteroatoms. The van der Waals surface area contributed by atoms with Crippen LogP contribution in [0, 0.1) is 35.5 Å². The Bertz CT molecular complexity index is 206. The Morgan fingerprint density at radius 2 is 1.40 bits per heavy atom. The summed E-state index contributed by atoms with van der Waals surface area (Å²) in [6.45, 7) is 0. The third-order valence-corrected chi connectivity index (χ3v) is 4.70. The van der Waals surface area contributed by atoms with Crippen LogP contribution < -0.4 is 0 Å². The second-order valence-corrected chi connectivity index (χ2v) is 4.60. The van der Waals surface area contributed by atoms with Gasteiger partial charge >= 0.3 is 0 Å². The van der Waals surface area contributed by atoms with Crippen LogP contribution in [0.25, 0.3) is 0 Å². The molecule has 52 valence electrons. The van der Waals surface area contributed by atoms with Gasteiger partial charge in [-0.05, 0) is 48.3 Å². The maximum atomic E-state index is 2.52. The van der Waals surface area contributed by atoms with Gasteiger partial charge in [0, 0.05) is 0 Å². The average Bonchev–Trinajstić information content (AvgIpc) is 2.10. The third kappa shape index (κ3) is 0.247. The second-order valence-electron chi connectivity index (χ2n) is 4.60. The molecule has 4 rings (SSSR count). The molecule has 4 aliphatic carbocycles. The molecule has 6 atom stereocenters. The van der Waals surface area contributed by atoms with Crippen molar-refractivity contribution in [3.8, 4) is 0 Å². The zero-order valence-electron chi connectivity index (χ0n) is 6.03. The van der Waals surface area contributed by atoms with Crippen LogP contribution in [0.1, 0.15) is 12.8 Å². The Hall–Kier alpha value is -0.260. The van der Waals surface area contributed by atoms with Crippen LogP contribution in [0.3, 0.4) is 0 Å². The molecule has 0 bridgehead atoms. The minimum Gasteiger partial charge on any atom is -0.0845 e. The fourth-order valence-electron chi connectivity index (χ4n) is 4.40. The summed E-state index contributed by atoms with van der Waals surface area (Å²) in [6, 6.07) is 0. The molecular weight excluding hydrogens is 120 g/mol. The highest BCUT2D eigenvalue weighted by Gasteiger charge is 2.69. The first-order valence-corrected chi connectivity index (χ1v) is 4.65. The lowest BCUT2D eigenvalue weighted by Crippen LogP contribution is -2.56. The molecule has 0 aromatic carbocycles. The maximum absolute atomic E-state index is 2.52. The van der Waals surface area contributed by atoms with E-state index in [2.05, 4.69) is 12.2 Å². The molecule has 0 heterocycles. The van der Waals surface area contributed by atoms with Gasteiger partial charge in [-0.2, -0.15) is 0 Å². The predicted molar refractivity (Wildman–Crippen MR) is 39.3 cm³/mol. The van der Waals surface area contributed by atoms with Gasteiger partial charge in [-0.25, -0.2) is 0 Å². The molecule has 0 N–H and O–H groups in total. The normalized spacial score (nSPS) is 72.8. The van der Waals surface area contributed by atoms with E-state index in [1.807, 2.05) is 0 Å². The largest absolute Gasteiger partial charge is 0.0845 e. The SMILES string of the molecule is C1=C[C@H]2C3C4[C@H]2CC[C@@H]4[C@H]13. The minimum absolute atomic E-state index is 1.06. The summed E-state index contributed by atoms with van der Waals surface area (Å²) in [6.07, 6.45) is 8.18. The first-order valence-electron chi connectivity index (χ1n) is 4.65. The summed E-state index contributed by atoms with van der Waals surface area (Å²) in [7, 11) is 0. The average molecular weight is 132 g/mol. The fourth-order valence-corrected chi connectivity index (χ4v) is 4.40. The van der Waals surface area contributed by atoms with E-state index in [1.165, 1.54) is 5.92 Å². The van der Waals surface area contributed by atoms with E-state index in [1.54, 1.807) is 12.8 Å². The van der Waals surface area contributed by atoms with E-state index in [4.69, 9.17) is 0 Å². The van der Waals surface area contributed by atoms with Gasteiger partial charge in [0.25, 0.3) is 0 Å². The van der Waals surface area contributed by atoms with Crippen molar-refractivity contribution in [3.05, 3.63) is 12.2 Å². The summed E-state index contributed by atoms with van der Waals surface area (Å²) >= 11 is 0. The van der Waals surface area contributed by atoms with Gasteiger partial charge in [-0.1, -0.05) is 12.2 Å². The molecule has 0 saturated heterocycles. The lowest BCUT2D eigenvalue weighted by atomic mass is 9.44. The van der Waals surface area contributed by atoms with Gasteiger partial charge < -0.3 is 0 Å². The Morgan fingerprint density at radius 1 is 0.800 bits per heavy atom. The molecule has 0 spiro atoms. The molecule has 3 saturated carbocycles. The molecule has 0 aliphatic heterocycles. The Balaban J connectivity index is 1.93. The highest BCUT2D eigenvalue weighted by molar-refractivity contribution is 5.29. The number of rotatable bonds is 0. The van der Waals surface area contributed by atoms with Crippen LogP contribution in [0.15, 0.2) is 12.2 Å². The van der Waals surface area contributed by atoms with Gasteiger partial charge in [-0.15, -0.1) is 0 Å². The molecular formula is C10H12. The van der Waals surface area contributed by atoms with Crippen LogP contribution in [0.2, 0.25) is 0 Å². The Morgan fingerprint density at radius 3 is 2.00 bits per heavy atom. The lowest BCUT2D eigenvalue weighted by Gasteiger charge is -2.59. The number of hydrogen-bond donors (Lipinski definition) is 0. The van der Waals surface area contributed by atoms with Gasteiger partial charge in [0.1, 0.15) is 0 Å². The van der Waals surface area contributed by atoms with Crippen molar-refractivity contribution in [2.75, 3.05) is 0 Å². The van der Waals surface area contributed by atoms with Gasteiger partial charge in [0.2, 0.25) is 0 Å². The highest BCUT2D eigenvalue weighted by atomic mass is 14.7. The van der Waals surface area contributed by atoms with E-state index in [-0.39, 0.29) is 0 Å². The molecule has 0 nitrogen and oxygen atoms in total. The van der Waals surface area contributed by atoms with Crippen LogP contribution in [-0.4, -0.2) is 0 Å². The van der Waals surface area contributed by atoms with Crippen LogP contribution in [0.4, 0.5) is 0 Å². The van der Waals surface area contributed by atoms with Crippen molar-refractivity contribution >= 4 is 0 Å². The Kier molecular flexibility index (Phi) is 0.508. The zero-order chi connectivity index (χ0) is 6.29. The third-order valence-electron chi connectivity index (χ3n) is 4.70. The molecule has 0 aromatic rings. The van der Waals surface area contributed by atoms with Crippen molar-refractivity contribution in [2.24, 2.45) is 35.5 Å². The molecule has 4 aliphatic rings. The van der Waals surface area contributed by atoms with Crippen molar-refractivity contribution in [2.45, 2.75) is 12.8 Å². The minimum atomic E-state index is 1.06. The summed E-state index contributed by atoms with van der Waals surface area (Å²) in [4.78, 5) is 0. The van der Waals surface area contributed by atoms with E-state index in [0.29, 0.717) is 0 Å². The predicted octanol–water partition coefficient (Wildman–Crippen LogP) is 2.07.